The van der Waals surface area contributed by atoms with Gasteiger partial charge in [-0.05, 0) is 83.5 Å². The van der Waals surface area contributed by atoms with Gasteiger partial charge in [-0.1, -0.05) is 256 Å². The Hall–Kier alpha value is -2.63. The third kappa shape index (κ3) is 54.3. The molecule has 1 atom stereocenters. The van der Waals surface area contributed by atoms with Crippen molar-refractivity contribution in [2.45, 2.75) is 316 Å². The van der Waals surface area contributed by atoms with Crippen molar-refractivity contribution in [3.05, 3.63) is 48.6 Å². The van der Waals surface area contributed by atoms with Crippen LogP contribution in [0.1, 0.15) is 310 Å². The highest BCUT2D eigenvalue weighted by molar-refractivity contribution is 5.71. The maximum atomic E-state index is 12.8. The third-order valence-electron chi connectivity index (χ3n) is 13.1. The quantitative estimate of drug-likeness (QED) is 0.0262. The molecule has 396 valence electrons. The average Bonchev–Trinajstić information content (AvgIpc) is 3.34. The van der Waals surface area contributed by atoms with Gasteiger partial charge in [0.25, 0.3) is 0 Å². The molecule has 0 aromatic rings. The zero-order valence-electron chi connectivity index (χ0n) is 45.4. The summed E-state index contributed by atoms with van der Waals surface area (Å²) in [5.41, 5.74) is 0. The van der Waals surface area contributed by atoms with Gasteiger partial charge in [-0.2, -0.15) is 0 Å². The number of carbonyl (C=O) groups is 3. The highest BCUT2D eigenvalue weighted by atomic mass is 16.6. The van der Waals surface area contributed by atoms with Gasteiger partial charge in [0.05, 0.1) is 0 Å². The molecular formula is C62H112O6. The van der Waals surface area contributed by atoms with E-state index in [1.165, 1.54) is 193 Å². The van der Waals surface area contributed by atoms with Gasteiger partial charge in [0, 0.05) is 19.3 Å². The first-order chi connectivity index (χ1) is 33.5. The molecule has 0 aliphatic rings. The highest BCUT2D eigenvalue weighted by Gasteiger charge is 2.19. The SMILES string of the molecule is CCCCC/C=C\C/C=C\C/C=C\CCCCCCCCC(=O)OC(COC(=O)CCCCCCCC)COC(=O)CCCCCCCCCCCCCCC/C=C\CCCCCCCCCC. The fraction of sp³-hybridized carbons (Fsp3) is 0.823. The number of rotatable bonds is 54. The molecule has 0 aromatic carbocycles. The molecule has 0 saturated carbocycles. The third-order valence-corrected chi connectivity index (χ3v) is 13.1. The number of unbranched alkanes of at least 4 members (excludes halogenated alkanes) is 35. The van der Waals surface area contributed by atoms with E-state index < -0.39 is 6.10 Å². The molecule has 0 spiro atoms. The van der Waals surface area contributed by atoms with Crippen molar-refractivity contribution >= 4 is 17.9 Å². The monoisotopic (exact) mass is 953 g/mol. The lowest BCUT2D eigenvalue weighted by atomic mass is 10.0. The molecule has 68 heavy (non-hydrogen) atoms. The Labute approximate surface area is 422 Å². The molecule has 6 heteroatoms. The van der Waals surface area contributed by atoms with Crippen LogP contribution in [-0.2, 0) is 28.6 Å². The second kappa shape index (κ2) is 57.0. The molecule has 6 nitrogen and oxygen atoms in total. The van der Waals surface area contributed by atoms with E-state index in [1.54, 1.807) is 0 Å². The molecule has 0 bridgehead atoms. The topological polar surface area (TPSA) is 78.9 Å². The Kier molecular flexibility index (Phi) is 54.8. The lowest BCUT2D eigenvalue weighted by molar-refractivity contribution is -0.167. The van der Waals surface area contributed by atoms with Gasteiger partial charge in [-0.3, -0.25) is 14.4 Å². The van der Waals surface area contributed by atoms with Gasteiger partial charge in [-0.25, -0.2) is 0 Å². The molecule has 0 N–H and O–H groups in total. The standard InChI is InChI=1S/C62H112O6/c1-4-7-10-13-16-18-20-22-24-26-28-29-30-31-32-33-35-36-38-40-42-44-46-49-52-55-61(64)67-58-59(57-66-60(63)54-51-48-15-12-9-6-3)68-62(65)56-53-50-47-45-43-41-39-37-34-27-25-23-21-19-17-14-11-8-5-2/h17,19,23,25-26,28,34,37,59H,4-16,18,20-22,24,27,29-33,35-36,38-58H2,1-3H3/b19-17-,25-23-,28-26-,37-34-. The fourth-order valence-corrected chi connectivity index (χ4v) is 8.56. The molecule has 0 amide bonds. The van der Waals surface area contributed by atoms with E-state index in [0.29, 0.717) is 19.3 Å². The molecule has 0 radical (unpaired) electrons. The summed E-state index contributed by atoms with van der Waals surface area (Å²) < 4.78 is 16.8. The highest BCUT2D eigenvalue weighted by Crippen LogP contribution is 2.16. The maximum absolute atomic E-state index is 12.8. The number of ether oxygens (including phenoxy) is 3. The van der Waals surface area contributed by atoms with Gasteiger partial charge in [0.15, 0.2) is 6.10 Å². The van der Waals surface area contributed by atoms with Crippen LogP contribution in [0.25, 0.3) is 0 Å². The summed E-state index contributed by atoms with van der Waals surface area (Å²) in [7, 11) is 0. The van der Waals surface area contributed by atoms with Gasteiger partial charge < -0.3 is 14.2 Å². The predicted octanol–water partition coefficient (Wildman–Crippen LogP) is 19.8. The predicted molar refractivity (Wildman–Crippen MR) is 293 cm³/mol. The van der Waals surface area contributed by atoms with Crippen LogP contribution in [0.5, 0.6) is 0 Å². The fourth-order valence-electron chi connectivity index (χ4n) is 8.56. The van der Waals surface area contributed by atoms with Crippen molar-refractivity contribution in [1.29, 1.82) is 0 Å². The molecule has 0 saturated heterocycles. The van der Waals surface area contributed by atoms with Gasteiger partial charge in [-0.15, -0.1) is 0 Å². The second-order valence-electron chi connectivity index (χ2n) is 19.9. The summed E-state index contributed by atoms with van der Waals surface area (Å²) in [6, 6.07) is 0. The minimum absolute atomic E-state index is 0.0765. The molecular weight excluding hydrogens is 841 g/mol. The van der Waals surface area contributed by atoms with Crippen LogP contribution in [0.4, 0.5) is 0 Å². The van der Waals surface area contributed by atoms with Crippen LogP contribution >= 0.6 is 0 Å². The Balaban J connectivity index is 4.11. The van der Waals surface area contributed by atoms with E-state index in [0.717, 1.165) is 77.0 Å². The summed E-state index contributed by atoms with van der Waals surface area (Å²) in [4.78, 5) is 37.9. The summed E-state index contributed by atoms with van der Waals surface area (Å²) in [5.74, 6) is -0.887. The molecule has 1 unspecified atom stereocenters. The summed E-state index contributed by atoms with van der Waals surface area (Å²) in [6.07, 6.45) is 70.0. The van der Waals surface area contributed by atoms with Crippen molar-refractivity contribution in [1.82, 2.24) is 0 Å². The lowest BCUT2D eigenvalue weighted by Crippen LogP contribution is -2.30. The smallest absolute Gasteiger partial charge is 0.306 e. The number of hydrogen-bond donors (Lipinski definition) is 0. The van der Waals surface area contributed by atoms with E-state index in [-0.39, 0.29) is 31.1 Å². The molecule has 0 heterocycles. The van der Waals surface area contributed by atoms with Crippen molar-refractivity contribution in [2.75, 3.05) is 13.2 Å². The van der Waals surface area contributed by atoms with E-state index in [2.05, 4.69) is 69.4 Å². The van der Waals surface area contributed by atoms with E-state index >= 15 is 0 Å². The number of carbonyl (C=O) groups excluding carboxylic acids is 3. The van der Waals surface area contributed by atoms with Gasteiger partial charge in [0.1, 0.15) is 13.2 Å². The van der Waals surface area contributed by atoms with Crippen LogP contribution in [-0.4, -0.2) is 37.2 Å². The van der Waals surface area contributed by atoms with Crippen LogP contribution in [0.2, 0.25) is 0 Å². The van der Waals surface area contributed by atoms with Crippen molar-refractivity contribution in [2.24, 2.45) is 0 Å². The maximum Gasteiger partial charge on any atom is 0.306 e. The number of allylic oxidation sites excluding steroid dienone is 8. The summed E-state index contributed by atoms with van der Waals surface area (Å²) >= 11 is 0. The van der Waals surface area contributed by atoms with Crippen molar-refractivity contribution in [3.8, 4) is 0 Å². The van der Waals surface area contributed by atoms with Crippen LogP contribution in [0.15, 0.2) is 48.6 Å². The minimum Gasteiger partial charge on any atom is -0.462 e. The molecule has 0 rings (SSSR count). The first-order valence-electron chi connectivity index (χ1n) is 29.6. The summed E-state index contributed by atoms with van der Waals surface area (Å²) in [6.45, 7) is 6.57. The van der Waals surface area contributed by atoms with E-state index in [4.69, 9.17) is 14.2 Å². The van der Waals surface area contributed by atoms with Crippen LogP contribution in [0.3, 0.4) is 0 Å². The Morgan fingerprint density at radius 1 is 0.294 bits per heavy atom. The molecule has 0 fully saturated rings. The minimum atomic E-state index is -0.776. The largest absolute Gasteiger partial charge is 0.462 e. The number of esters is 3. The lowest BCUT2D eigenvalue weighted by Gasteiger charge is -2.18. The Morgan fingerprint density at radius 3 is 0.868 bits per heavy atom. The zero-order valence-corrected chi connectivity index (χ0v) is 45.4. The molecule has 0 aliphatic carbocycles. The first-order valence-corrected chi connectivity index (χ1v) is 29.6. The van der Waals surface area contributed by atoms with Gasteiger partial charge in [0.2, 0.25) is 0 Å². The van der Waals surface area contributed by atoms with Crippen LogP contribution < -0.4 is 0 Å². The van der Waals surface area contributed by atoms with Crippen molar-refractivity contribution < 1.29 is 28.6 Å². The Morgan fingerprint density at radius 2 is 0.529 bits per heavy atom. The van der Waals surface area contributed by atoms with E-state index in [9.17, 15) is 14.4 Å². The normalized spacial score (nSPS) is 12.3. The van der Waals surface area contributed by atoms with Crippen molar-refractivity contribution in [3.63, 3.8) is 0 Å². The van der Waals surface area contributed by atoms with E-state index in [1.807, 2.05) is 0 Å². The Bertz CT molecular complexity index is 1190. The zero-order chi connectivity index (χ0) is 49.3. The first kappa shape index (κ1) is 65.4. The van der Waals surface area contributed by atoms with Gasteiger partial charge >= 0.3 is 17.9 Å². The molecule has 0 aromatic heterocycles. The summed E-state index contributed by atoms with van der Waals surface area (Å²) in [5, 5.41) is 0. The number of hydrogen-bond acceptors (Lipinski definition) is 6. The molecule has 0 aliphatic heterocycles. The second-order valence-corrected chi connectivity index (χ2v) is 19.9. The average molecular weight is 954 g/mol. The van der Waals surface area contributed by atoms with Crippen LogP contribution in [0, 0.1) is 0 Å².